The lowest BCUT2D eigenvalue weighted by atomic mass is 9.98. The van der Waals surface area contributed by atoms with Crippen LogP contribution in [0.15, 0.2) is 72.8 Å². The summed E-state index contributed by atoms with van der Waals surface area (Å²) < 4.78 is 0. The summed E-state index contributed by atoms with van der Waals surface area (Å²) in [5.74, 6) is -0.0628. The number of aromatic nitrogens is 1. The number of pyridine rings is 1. The number of likely N-dealkylation sites (tertiary alicyclic amines) is 1. The highest BCUT2D eigenvalue weighted by molar-refractivity contribution is 6.31. The minimum atomic E-state index is -0.0628. The normalized spacial score (nSPS) is 14.8. The minimum absolute atomic E-state index is 0.0628. The van der Waals surface area contributed by atoms with E-state index in [9.17, 15) is 4.79 Å². The molecule has 1 saturated heterocycles. The zero-order valence-corrected chi connectivity index (χ0v) is 21.0. The van der Waals surface area contributed by atoms with Crippen molar-refractivity contribution < 1.29 is 4.79 Å². The number of piperidine rings is 1. The molecule has 1 fully saturated rings. The lowest BCUT2D eigenvalue weighted by Gasteiger charge is -2.32. The molecule has 1 aromatic heterocycles. The van der Waals surface area contributed by atoms with E-state index in [0.717, 1.165) is 60.2 Å². The van der Waals surface area contributed by atoms with Crippen molar-refractivity contribution in [3.63, 3.8) is 0 Å². The van der Waals surface area contributed by atoms with Gasteiger partial charge >= 0.3 is 0 Å². The maximum absolute atomic E-state index is 13.5. The third kappa shape index (κ3) is 5.39. The number of aryl methyl sites for hydroxylation is 2. The molecule has 1 aliphatic rings. The van der Waals surface area contributed by atoms with Gasteiger partial charge in [0.05, 0.1) is 16.8 Å². The van der Waals surface area contributed by atoms with Gasteiger partial charge in [-0.3, -0.25) is 9.69 Å². The summed E-state index contributed by atoms with van der Waals surface area (Å²) >= 11 is 6.30. The molecule has 35 heavy (non-hydrogen) atoms. The first-order chi connectivity index (χ1) is 17.0. The summed E-state index contributed by atoms with van der Waals surface area (Å²) in [6.07, 6.45) is 1.87. The second-order valence-corrected chi connectivity index (χ2v) is 9.98. The number of hydrogen-bond acceptors (Lipinski definition) is 3. The monoisotopic (exact) mass is 483 g/mol. The second-order valence-electron chi connectivity index (χ2n) is 9.54. The smallest absolute Gasteiger partial charge is 0.252 e. The molecule has 4 nitrogen and oxygen atoms in total. The van der Waals surface area contributed by atoms with Crippen molar-refractivity contribution in [2.45, 2.75) is 39.3 Å². The maximum atomic E-state index is 13.5. The molecule has 0 bridgehead atoms. The molecule has 5 rings (SSSR count). The Kier molecular flexibility index (Phi) is 6.85. The third-order valence-electron chi connectivity index (χ3n) is 6.85. The number of hydrogen-bond donors (Lipinski definition) is 1. The van der Waals surface area contributed by atoms with Crippen LogP contribution in [0.3, 0.4) is 0 Å². The molecule has 2 heterocycles. The highest BCUT2D eigenvalue weighted by atomic mass is 35.5. The van der Waals surface area contributed by atoms with Gasteiger partial charge in [0, 0.05) is 41.6 Å². The van der Waals surface area contributed by atoms with E-state index in [4.69, 9.17) is 16.6 Å². The number of fused-ring (bicyclic) bond motifs is 1. The molecule has 5 heteroatoms. The van der Waals surface area contributed by atoms with Gasteiger partial charge in [0.1, 0.15) is 0 Å². The van der Waals surface area contributed by atoms with Crippen LogP contribution in [0, 0.1) is 13.8 Å². The van der Waals surface area contributed by atoms with Crippen molar-refractivity contribution >= 4 is 28.4 Å². The molecule has 178 valence electrons. The number of carbonyl (C=O) groups is 1. The molecule has 1 amide bonds. The van der Waals surface area contributed by atoms with E-state index < -0.39 is 0 Å². The molecule has 0 radical (unpaired) electrons. The van der Waals surface area contributed by atoms with Gasteiger partial charge in [-0.05, 0) is 62.1 Å². The molecule has 0 unspecified atom stereocenters. The number of carbonyl (C=O) groups excluding carboxylic acids is 1. The molecule has 1 aliphatic heterocycles. The van der Waals surface area contributed by atoms with Gasteiger partial charge in [0.2, 0.25) is 0 Å². The third-order valence-corrected chi connectivity index (χ3v) is 7.08. The molecule has 3 aromatic carbocycles. The van der Waals surface area contributed by atoms with E-state index in [0.29, 0.717) is 10.6 Å². The highest BCUT2D eigenvalue weighted by Gasteiger charge is 2.23. The van der Waals surface area contributed by atoms with Crippen LogP contribution >= 0.6 is 11.6 Å². The molecule has 4 aromatic rings. The average Bonchev–Trinajstić information content (AvgIpc) is 2.85. The van der Waals surface area contributed by atoms with Crippen LogP contribution in [0.25, 0.3) is 22.2 Å². The van der Waals surface area contributed by atoms with Crippen molar-refractivity contribution in [2.75, 3.05) is 13.1 Å². The molecule has 0 aliphatic carbocycles. The summed E-state index contributed by atoms with van der Waals surface area (Å²) in [5, 5.41) is 4.68. The lowest BCUT2D eigenvalue weighted by molar-refractivity contribution is 0.0910. The number of nitrogens with zero attached hydrogens (tertiary/aromatic N) is 2. The van der Waals surface area contributed by atoms with Crippen LogP contribution in [0.4, 0.5) is 0 Å². The number of nitrogens with one attached hydrogen (secondary N) is 1. The van der Waals surface area contributed by atoms with E-state index in [-0.39, 0.29) is 11.9 Å². The fraction of sp³-hybridized carbons (Fsp3) is 0.267. The fourth-order valence-electron chi connectivity index (χ4n) is 4.97. The summed E-state index contributed by atoms with van der Waals surface area (Å²) in [6.45, 7) is 7.05. The predicted molar refractivity (Wildman–Crippen MR) is 144 cm³/mol. The summed E-state index contributed by atoms with van der Waals surface area (Å²) in [4.78, 5) is 20.9. The van der Waals surface area contributed by atoms with Crippen LogP contribution < -0.4 is 5.32 Å². The van der Waals surface area contributed by atoms with E-state index in [1.165, 1.54) is 11.1 Å². The van der Waals surface area contributed by atoms with Crippen LogP contribution in [0.5, 0.6) is 0 Å². The summed E-state index contributed by atoms with van der Waals surface area (Å²) in [6, 6.07) is 24.5. The largest absolute Gasteiger partial charge is 0.349 e. The van der Waals surface area contributed by atoms with Crippen LogP contribution in [0.2, 0.25) is 5.02 Å². The Morgan fingerprint density at radius 1 is 1.00 bits per heavy atom. The van der Waals surface area contributed by atoms with Crippen molar-refractivity contribution in [2.24, 2.45) is 0 Å². The summed E-state index contributed by atoms with van der Waals surface area (Å²) in [5.41, 5.74) is 6.91. The van der Waals surface area contributed by atoms with Gasteiger partial charge in [-0.25, -0.2) is 4.98 Å². The number of halogens is 1. The number of amides is 1. The van der Waals surface area contributed by atoms with Gasteiger partial charge in [-0.2, -0.15) is 0 Å². The van der Waals surface area contributed by atoms with Gasteiger partial charge in [-0.15, -0.1) is 0 Å². The van der Waals surface area contributed by atoms with E-state index in [1.54, 1.807) is 0 Å². The summed E-state index contributed by atoms with van der Waals surface area (Å²) in [7, 11) is 0. The van der Waals surface area contributed by atoms with Crippen molar-refractivity contribution in [1.29, 1.82) is 0 Å². The standard InChI is InChI=1S/C30H30ClN3O/c1-20-8-10-25(21(2)16-20)29-18-27(26-17-23(31)9-11-28(26)33-29)30(35)32-24-12-14-34(15-13-24)19-22-6-4-3-5-7-22/h3-11,16-18,24H,12-15,19H2,1-2H3,(H,32,35). The SMILES string of the molecule is Cc1ccc(-c2cc(C(=O)NC3CCN(Cc4ccccc4)CC3)c3cc(Cl)ccc3n2)c(C)c1. The molecular formula is C30H30ClN3O. The van der Waals surface area contributed by atoms with Crippen molar-refractivity contribution in [1.82, 2.24) is 15.2 Å². The number of benzene rings is 3. The Hall–Kier alpha value is -3.21. The van der Waals surface area contributed by atoms with Gasteiger partial charge in [-0.1, -0.05) is 65.7 Å². The lowest BCUT2D eigenvalue weighted by Crippen LogP contribution is -2.44. The zero-order chi connectivity index (χ0) is 24.4. The zero-order valence-electron chi connectivity index (χ0n) is 20.2. The van der Waals surface area contributed by atoms with Crippen molar-refractivity contribution in [3.8, 4) is 11.3 Å². The first kappa shape index (κ1) is 23.5. The van der Waals surface area contributed by atoms with E-state index in [2.05, 4.69) is 66.5 Å². The average molecular weight is 484 g/mol. The Balaban J connectivity index is 1.36. The Morgan fingerprint density at radius 2 is 1.77 bits per heavy atom. The Bertz CT molecular complexity index is 1360. The maximum Gasteiger partial charge on any atom is 0.252 e. The predicted octanol–water partition coefficient (Wildman–Crippen LogP) is 6.57. The van der Waals surface area contributed by atoms with Crippen LogP contribution in [0.1, 0.15) is 39.9 Å². The van der Waals surface area contributed by atoms with Crippen molar-refractivity contribution in [3.05, 3.63) is 100 Å². The molecule has 0 saturated carbocycles. The quantitative estimate of drug-likeness (QED) is 0.349. The fourth-order valence-corrected chi connectivity index (χ4v) is 5.14. The first-order valence-corrected chi connectivity index (χ1v) is 12.6. The second kappa shape index (κ2) is 10.2. The van der Waals surface area contributed by atoms with Gasteiger partial charge in [0.25, 0.3) is 5.91 Å². The Morgan fingerprint density at radius 3 is 2.51 bits per heavy atom. The van der Waals surface area contributed by atoms with Crippen LogP contribution in [-0.4, -0.2) is 34.9 Å². The highest BCUT2D eigenvalue weighted by Crippen LogP contribution is 2.29. The Labute approximate surface area is 212 Å². The van der Waals surface area contributed by atoms with Crippen LogP contribution in [-0.2, 0) is 6.54 Å². The minimum Gasteiger partial charge on any atom is -0.349 e. The molecule has 1 N–H and O–H groups in total. The number of rotatable bonds is 5. The molecule has 0 atom stereocenters. The van der Waals surface area contributed by atoms with E-state index >= 15 is 0 Å². The van der Waals surface area contributed by atoms with Gasteiger partial charge < -0.3 is 5.32 Å². The molecule has 0 spiro atoms. The topological polar surface area (TPSA) is 45.2 Å². The van der Waals surface area contributed by atoms with Gasteiger partial charge in [0.15, 0.2) is 0 Å². The first-order valence-electron chi connectivity index (χ1n) is 12.2. The van der Waals surface area contributed by atoms with E-state index in [1.807, 2.05) is 30.3 Å². The molecular weight excluding hydrogens is 454 g/mol.